The van der Waals surface area contributed by atoms with E-state index in [9.17, 15) is 0 Å². The maximum Gasteiger partial charge on any atom is 0.173 e. The number of rotatable bonds is 14. The molecule has 0 rings (SSSR count). The van der Waals surface area contributed by atoms with Crippen LogP contribution in [0, 0.1) is 0 Å². The van der Waals surface area contributed by atoms with Crippen molar-refractivity contribution in [3.05, 3.63) is 0 Å². The Morgan fingerprint density at radius 3 is 1.58 bits per heavy atom. The van der Waals surface area contributed by atoms with Gasteiger partial charge in [-0.15, -0.1) is 0 Å². The Bertz CT molecular complexity index is 398. The van der Waals surface area contributed by atoms with Gasteiger partial charge in [-0.3, -0.25) is 0 Å². The average molecular weight is 438 g/mol. The Hall–Kier alpha value is 0.708. The fraction of sp³-hybridized carbons (Fsp3) is 1.00. The van der Waals surface area contributed by atoms with E-state index in [-0.39, 0.29) is 6.61 Å². The van der Waals surface area contributed by atoms with Crippen molar-refractivity contribution in [2.45, 2.75) is 89.9 Å². The lowest BCUT2D eigenvalue weighted by molar-refractivity contribution is 0.220. The van der Waals surface area contributed by atoms with Crippen LogP contribution >= 0.6 is 0 Å². The molecule has 0 aliphatic carbocycles. The monoisotopic (exact) mass is 437 g/mol. The summed E-state index contributed by atoms with van der Waals surface area (Å²) < 4.78 is 13.3. The fourth-order valence-corrected chi connectivity index (χ4v) is 23.3. The summed E-state index contributed by atoms with van der Waals surface area (Å²) in [6.45, 7) is 23.3. The maximum atomic E-state index is 8.97. The third kappa shape index (κ3) is 14.7. The predicted octanol–water partition coefficient (Wildman–Crippen LogP) is 5.17. The van der Waals surface area contributed by atoms with Gasteiger partial charge in [-0.05, 0) is 97.1 Å². The summed E-state index contributed by atoms with van der Waals surface area (Å²) >= 11 is 0. The van der Waals surface area contributed by atoms with Crippen LogP contribution in [-0.2, 0) is 8.23 Å². The van der Waals surface area contributed by atoms with Crippen LogP contribution < -0.4 is 0 Å². The standard InChI is InChI=1S/C18H47NO3Si4/c1-19(14-15-20)13-11-12-16-24(5,6)22-26(9,10)18-17-25(7,8)21-23(2,3)4/h20H,11-18H2,1-10H3. The number of hydrogen-bond donors (Lipinski definition) is 1. The zero-order valence-electron chi connectivity index (χ0n) is 19.4. The molecule has 0 atom stereocenters. The van der Waals surface area contributed by atoms with Gasteiger partial charge >= 0.3 is 0 Å². The molecule has 158 valence electrons. The molecular formula is C18H47NO3Si4. The van der Waals surface area contributed by atoms with Gasteiger partial charge < -0.3 is 18.2 Å². The van der Waals surface area contributed by atoms with Gasteiger partial charge in [-0.1, -0.05) is 6.42 Å². The number of nitrogens with zero attached hydrogens (tertiary/aromatic N) is 1. The van der Waals surface area contributed by atoms with Crippen molar-refractivity contribution in [1.82, 2.24) is 4.90 Å². The molecule has 0 spiro atoms. The molecule has 0 aromatic carbocycles. The Morgan fingerprint density at radius 1 is 0.654 bits per heavy atom. The van der Waals surface area contributed by atoms with Gasteiger partial charge in [0.15, 0.2) is 33.3 Å². The second-order valence-electron chi connectivity index (χ2n) is 10.6. The first-order valence-corrected chi connectivity index (χ1v) is 23.0. The summed E-state index contributed by atoms with van der Waals surface area (Å²) in [5.41, 5.74) is 0. The topological polar surface area (TPSA) is 41.9 Å². The average Bonchev–Trinajstić information content (AvgIpc) is 2.38. The van der Waals surface area contributed by atoms with Gasteiger partial charge in [0.1, 0.15) is 0 Å². The Balaban J connectivity index is 4.35. The summed E-state index contributed by atoms with van der Waals surface area (Å²) in [7, 11) is -4.16. The molecule has 0 amide bonds. The largest absolute Gasteiger partial charge is 0.456 e. The van der Waals surface area contributed by atoms with E-state index < -0.39 is 33.3 Å². The molecular weight excluding hydrogens is 391 g/mol. The number of unbranched alkanes of at least 4 members (excludes halogenated alkanes) is 1. The highest BCUT2D eigenvalue weighted by molar-refractivity contribution is 6.87. The van der Waals surface area contributed by atoms with Crippen LogP contribution in [0.3, 0.4) is 0 Å². The highest BCUT2D eigenvalue weighted by Crippen LogP contribution is 2.28. The van der Waals surface area contributed by atoms with Gasteiger partial charge in [-0.2, -0.15) is 0 Å². The Kier molecular flexibility index (Phi) is 11.3. The highest BCUT2D eigenvalue weighted by Gasteiger charge is 2.36. The molecule has 0 unspecified atom stereocenters. The number of aliphatic hydroxyl groups is 1. The van der Waals surface area contributed by atoms with Crippen LogP contribution in [0.2, 0.25) is 77.1 Å². The van der Waals surface area contributed by atoms with Crippen molar-refractivity contribution < 1.29 is 13.3 Å². The van der Waals surface area contributed by atoms with Crippen molar-refractivity contribution in [2.24, 2.45) is 0 Å². The Labute approximate surface area is 168 Å². The smallest absolute Gasteiger partial charge is 0.173 e. The molecule has 0 aliphatic heterocycles. The summed E-state index contributed by atoms with van der Waals surface area (Å²) in [5, 5.41) is 8.97. The Morgan fingerprint density at radius 2 is 1.12 bits per heavy atom. The SMILES string of the molecule is CN(CCO)CCCC[Si](C)(C)O[Si](C)(C)CC[Si](C)(C)O[Si](C)(C)C. The van der Waals surface area contributed by atoms with Gasteiger partial charge in [0.2, 0.25) is 0 Å². The van der Waals surface area contributed by atoms with Gasteiger partial charge in [0, 0.05) is 6.54 Å². The van der Waals surface area contributed by atoms with E-state index in [1.165, 1.54) is 31.0 Å². The molecule has 0 fully saturated rings. The van der Waals surface area contributed by atoms with Gasteiger partial charge in [0.25, 0.3) is 0 Å². The molecule has 26 heavy (non-hydrogen) atoms. The number of hydrogen-bond acceptors (Lipinski definition) is 4. The lowest BCUT2D eigenvalue weighted by atomic mass is 10.3. The molecule has 4 nitrogen and oxygen atoms in total. The minimum Gasteiger partial charge on any atom is -0.456 e. The number of aliphatic hydroxyl groups excluding tert-OH is 1. The van der Waals surface area contributed by atoms with Crippen LogP contribution in [0.1, 0.15) is 12.8 Å². The van der Waals surface area contributed by atoms with Crippen LogP contribution in [-0.4, -0.2) is 70.0 Å². The van der Waals surface area contributed by atoms with E-state index >= 15 is 0 Å². The number of likely N-dealkylation sites (N-methyl/N-ethyl adjacent to an activating group) is 1. The first kappa shape index (κ1) is 26.7. The van der Waals surface area contributed by atoms with Crippen LogP contribution in [0.25, 0.3) is 0 Å². The van der Waals surface area contributed by atoms with Gasteiger partial charge in [0.05, 0.1) is 6.61 Å². The molecule has 0 saturated carbocycles. The fourth-order valence-electron chi connectivity index (χ4n) is 3.55. The van der Waals surface area contributed by atoms with Crippen molar-refractivity contribution in [1.29, 1.82) is 0 Å². The third-order valence-electron chi connectivity index (χ3n) is 4.51. The minimum absolute atomic E-state index is 0.251. The van der Waals surface area contributed by atoms with Crippen LogP contribution in [0.5, 0.6) is 0 Å². The normalized spacial score (nSPS) is 14.3. The lowest BCUT2D eigenvalue weighted by Gasteiger charge is -2.37. The molecule has 1 N–H and O–H groups in total. The van der Waals surface area contributed by atoms with E-state index in [4.69, 9.17) is 13.3 Å². The molecule has 0 aromatic rings. The van der Waals surface area contributed by atoms with E-state index in [2.05, 4.69) is 70.9 Å². The van der Waals surface area contributed by atoms with Crippen molar-refractivity contribution >= 4 is 33.3 Å². The minimum atomic E-state index is -1.63. The van der Waals surface area contributed by atoms with E-state index in [0.29, 0.717) is 0 Å². The van der Waals surface area contributed by atoms with Crippen molar-refractivity contribution in [3.8, 4) is 0 Å². The quantitative estimate of drug-likeness (QED) is 0.300. The maximum absolute atomic E-state index is 8.97. The molecule has 0 bridgehead atoms. The zero-order chi connectivity index (χ0) is 20.6. The molecule has 0 saturated heterocycles. The summed E-state index contributed by atoms with van der Waals surface area (Å²) in [6.07, 6.45) is 2.43. The predicted molar refractivity (Wildman–Crippen MR) is 126 cm³/mol. The van der Waals surface area contributed by atoms with Crippen LogP contribution in [0.15, 0.2) is 0 Å². The van der Waals surface area contributed by atoms with E-state index in [1.54, 1.807) is 0 Å². The molecule has 0 radical (unpaired) electrons. The highest BCUT2D eigenvalue weighted by atomic mass is 28.4. The van der Waals surface area contributed by atoms with Gasteiger partial charge in [-0.25, -0.2) is 0 Å². The van der Waals surface area contributed by atoms with E-state index in [1.807, 2.05) is 0 Å². The summed E-state index contributed by atoms with van der Waals surface area (Å²) in [5.74, 6) is 0. The molecule has 8 heteroatoms. The molecule has 0 aromatic heterocycles. The van der Waals surface area contributed by atoms with Crippen LogP contribution in [0.4, 0.5) is 0 Å². The first-order chi connectivity index (χ1) is 11.6. The molecule has 0 heterocycles. The molecule has 0 aliphatic rings. The second kappa shape index (κ2) is 11.0. The summed E-state index contributed by atoms with van der Waals surface area (Å²) in [6, 6.07) is 3.70. The zero-order valence-corrected chi connectivity index (χ0v) is 23.4. The van der Waals surface area contributed by atoms with Crippen molar-refractivity contribution in [2.75, 3.05) is 26.7 Å². The van der Waals surface area contributed by atoms with Crippen molar-refractivity contribution in [3.63, 3.8) is 0 Å². The van der Waals surface area contributed by atoms with E-state index in [0.717, 1.165) is 13.1 Å². The second-order valence-corrected chi connectivity index (χ2v) is 28.5. The first-order valence-electron chi connectivity index (χ1n) is 10.3. The third-order valence-corrected chi connectivity index (χ3v) is 18.6. The summed E-state index contributed by atoms with van der Waals surface area (Å²) in [4.78, 5) is 2.21. The lowest BCUT2D eigenvalue weighted by Crippen LogP contribution is -2.47.